The van der Waals surface area contributed by atoms with Crippen LogP contribution >= 0.6 is 23.1 Å². The summed E-state index contributed by atoms with van der Waals surface area (Å²) in [7, 11) is 3.18. The molecule has 4 heterocycles. The molecule has 14 heteroatoms. The van der Waals surface area contributed by atoms with E-state index in [1.807, 2.05) is 18.2 Å². The Bertz CT molecular complexity index is 1600. The Morgan fingerprint density at radius 2 is 1.87 bits per heavy atom. The Kier molecular flexibility index (Phi) is 10.6. The second kappa shape index (κ2) is 14.8. The smallest absolute Gasteiger partial charge is 0.409 e. The number of likely N-dealkylation sites (tertiary alicyclic amines) is 1. The third-order valence-electron chi connectivity index (χ3n) is 7.51. The minimum absolute atomic E-state index is 0.107. The number of amides is 2. The molecule has 2 amide bonds. The van der Waals surface area contributed by atoms with E-state index in [0.29, 0.717) is 34.0 Å². The molecule has 1 fully saturated rings. The molecule has 0 unspecified atom stereocenters. The number of aliphatic hydroxyl groups is 1. The number of anilines is 2. The largest absolute Gasteiger partial charge is 0.414 e. The quantitative estimate of drug-likeness (QED) is 0.208. The summed E-state index contributed by atoms with van der Waals surface area (Å²) in [6.07, 6.45) is 5.55. The van der Waals surface area contributed by atoms with E-state index in [4.69, 9.17) is 4.74 Å². The van der Waals surface area contributed by atoms with Crippen LogP contribution in [0.1, 0.15) is 28.9 Å². The van der Waals surface area contributed by atoms with Gasteiger partial charge in [-0.15, -0.1) is 0 Å². The number of benzene rings is 1. The van der Waals surface area contributed by atoms with Gasteiger partial charge in [0, 0.05) is 38.8 Å². The van der Waals surface area contributed by atoms with E-state index in [-0.39, 0.29) is 22.6 Å². The summed E-state index contributed by atoms with van der Waals surface area (Å²) in [6.45, 7) is 2.66. The van der Waals surface area contributed by atoms with Gasteiger partial charge in [-0.1, -0.05) is 53.4 Å². The fourth-order valence-electron chi connectivity index (χ4n) is 4.99. The van der Waals surface area contributed by atoms with E-state index < -0.39 is 17.8 Å². The average molecular weight is 652 g/mol. The molecular weight excluding hydrogens is 618 g/mol. The van der Waals surface area contributed by atoms with Gasteiger partial charge in [0.15, 0.2) is 22.4 Å². The van der Waals surface area contributed by atoms with Crippen LogP contribution in [0.15, 0.2) is 76.2 Å². The van der Waals surface area contributed by atoms with E-state index in [1.165, 1.54) is 34.7 Å². The monoisotopic (exact) mass is 651 g/mol. The number of ether oxygens (including phenoxy) is 1. The molecule has 0 bridgehead atoms. The molecule has 0 radical (unpaired) electrons. The first-order valence-electron chi connectivity index (χ1n) is 14.3. The first kappa shape index (κ1) is 32.3. The molecule has 1 aliphatic rings. The number of nitrogens with zero attached hydrogens (tertiary/aromatic N) is 5. The third kappa shape index (κ3) is 8.14. The lowest BCUT2D eigenvalue weighted by molar-refractivity contribution is 0.0903. The number of aliphatic hydroxyl groups excluding tert-OH is 1. The summed E-state index contributed by atoms with van der Waals surface area (Å²) in [5.74, 6) is -0.465. The number of thiazole rings is 1. The van der Waals surface area contributed by atoms with E-state index in [2.05, 4.69) is 42.6 Å². The number of carbonyl (C=O) groups is 2. The van der Waals surface area contributed by atoms with Crippen molar-refractivity contribution in [1.82, 2.24) is 30.1 Å². The fraction of sp³-hybridized carbons (Fsp3) is 0.323. The maximum atomic E-state index is 15.6. The number of hydrogen-bond donors (Lipinski definition) is 3. The molecule has 0 aliphatic carbocycles. The summed E-state index contributed by atoms with van der Waals surface area (Å²) in [4.78, 5) is 41.4. The van der Waals surface area contributed by atoms with Crippen LogP contribution < -0.4 is 15.4 Å². The van der Waals surface area contributed by atoms with Gasteiger partial charge < -0.3 is 30.3 Å². The molecule has 3 N–H and O–H groups in total. The lowest BCUT2D eigenvalue weighted by Crippen LogP contribution is -2.49. The van der Waals surface area contributed by atoms with Gasteiger partial charge in [-0.3, -0.25) is 4.79 Å². The number of carbonyl (C=O) groups excluding carboxylic acids is 2. The van der Waals surface area contributed by atoms with Crippen LogP contribution in [-0.4, -0.2) is 88.7 Å². The molecule has 0 atom stereocenters. The minimum Gasteiger partial charge on any atom is -0.409 e. The normalized spacial score (nSPS) is 14.5. The van der Waals surface area contributed by atoms with Gasteiger partial charge >= 0.3 is 6.09 Å². The zero-order valence-electron chi connectivity index (χ0n) is 24.9. The predicted molar refractivity (Wildman–Crippen MR) is 171 cm³/mol. The van der Waals surface area contributed by atoms with Gasteiger partial charge in [0.1, 0.15) is 5.82 Å². The van der Waals surface area contributed by atoms with Crippen LogP contribution in [0.4, 0.5) is 20.1 Å². The van der Waals surface area contributed by atoms with Crippen LogP contribution in [0.5, 0.6) is 5.75 Å². The highest BCUT2D eigenvalue weighted by molar-refractivity contribution is 8.01. The lowest BCUT2D eigenvalue weighted by Gasteiger charge is -2.42. The van der Waals surface area contributed by atoms with Crippen molar-refractivity contribution < 1.29 is 23.8 Å². The van der Waals surface area contributed by atoms with Gasteiger partial charge in [-0.25, -0.2) is 24.1 Å². The summed E-state index contributed by atoms with van der Waals surface area (Å²) in [6, 6.07) is 14.9. The Morgan fingerprint density at radius 3 is 2.56 bits per heavy atom. The van der Waals surface area contributed by atoms with E-state index in [1.54, 1.807) is 32.4 Å². The molecule has 1 aromatic carbocycles. The van der Waals surface area contributed by atoms with Crippen molar-refractivity contribution in [2.75, 3.05) is 52.2 Å². The average Bonchev–Trinajstić information content (AvgIpc) is 3.49. The van der Waals surface area contributed by atoms with Gasteiger partial charge in [0.25, 0.3) is 5.91 Å². The standard InChI is InChI=1S/C31H34FN7O4S2/c1-38(2)30(42)43-22-8-9-24(34-18-22)37-29-35-19-25(45-29)44-23-10-13-33-27(26(23)32)28(41)36-20-31(21-6-4-3-5-7-21)11-14-39(15-12-31)16-17-40/h3-10,13,18-19,40H,11-12,14-17,20H2,1-2H3,(H,36,41)(H,34,35,37). The molecule has 1 saturated heterocycles. The fourth-order valence-corrected chi connectivity index (χ4v) is 6.86. The third-order valence-corrected chi connectivity index (χ3v) is 9.56. The van der Waals surface area contributed by atoms with Crippen molar-refractivity contribution in [1.29, 1.82) is 0 Å². The maximum Gasteiger partial charge on any atom is 0.414 e. The molecule has 0 spiro atoms. The number of piperidine rings is 1. The number of pyridine rings is 2. The Balaban J connectivity index is 1.22. The van der Waals surface area contributed by atoms with E-state index in [0.717, 1.165) is 43.3 Å². The van der Waals surface area contributed by atoms with E-state index >= 15 is 4.39 Å². The number of β-amino-alcohol motifs (C(OH)–C–C–N with tert-alkyl or cyclic N) is 1. The Morgan fingerprint density at radius 1 is 1.09 bits per heavy atom. The molecule has 0 saturated carbocycles. The van der Waals surface area contributed by atoms with Gasteiger partial charge in [-0.05, 0) is 49.7 Å². The number of halogens is 1. The molecule has 3 aromatic heterocycles. The molecule has 5 rings (SSSR count). The first-order valence-corrected chi connectivity index (χ1v) is 16.0. The SMILES string of the molecule is CN(C)C(=O)Oc1ccc(Nc2ncc(Sc3ccnc(C(=O)NCC4(c5ccccc5)CCN(CCO)CC4)c3F)s2)nc1. The molecule has 11 nitrogen and oxygen atoms in total. The summed E-state index contributed by atoms with van der Waals surface area (Å²) in [5.41, 5.74) is 0.562. The van der Waals surface area contributed by atoms with Crippen molar-refractivity contribution in [3.8, 4) is 5.75 Å². The summed E-state index contributed by atoms with van der Waals surface area (Å²) >= 11 is 2.44. The van der Waals surface area contributed by atoms with Crippen LogP contribution in [0.25, 0.3) is 0 Å². The van der Waals surface area contributed by atoms with Crippen molar-refractivity contribution in [2.45, 2.75) is 27.4 Å². The lowest BCUT2D eigenvalue weighted by atomic mass is 9.72. The Labute approximate surface area is 268 Å². The van der Waals surface area contributed by atoms with Crippen LogP contribution in [0.3, 0.4) is 0 Å². The summed E-state index contributed by atoms with van der Waals surface area (Å²) < 4.78 is 21.5. The predicted octanol–water partition coefficient (Wildman–Crippen LogP) is 4.78. The first-order chi connectivity index (χ1) is 21.8. The zero-order chi connectivity index (χ0) is 31.8. The number of rotatable bonds is 11. The zero-order valence-corrected chi connectivity index (χ0v) is 26.5. The second-order valence-corrected chi connectivity index (χ2v) is 13.1. The minimum atomic E-state index is -0.695. The van der Waals surface area contributed by atoms with Gasteiger partial charge in [0.2, 0.25) is 0 Å². The van der Waals surface area contributed by atoms with Crippen molar-refractivity contribution in [3.63, 3.8) is 0 Å². The molecular formula is C31H34FN7O4S2. The van der Waals surface area contributed by atoms with Crippen molar-refractivity contribution in [3.05, 3.63) is 84.2 Å². The highest BCUT2D eigenvalue weighted by Crippen LogP contribution is 2.37. The van der Waals surface area contributed by atoms with Crippen LogP contribution in [0.2, 0.25) is 0 Å². The maximum absolute atomic E-state index is 15.6. The van der Waals surface area contributed by atoms with Crippen molar-refractivity contribution in [2.24, 2.45) is 0 Å². The number of nitrogens with one attached hydrogen (secondary N) is 2. The van der Waals surface area contributed by atoms with Crippen molar-refractivity contribution >= 4 is 46.0 Å². The number of hydrogen-bond acceptors (Lipinski definition) is 11. The molecule has 45 heavy (non-hydrogen) atoms. The molecule has 1 aliphatic heterocycles. The Hall–Kier alpha value is -4.11. The van der Waals surface area contributed by atoms with Crippen LogP contribution in [-0.2, 0) is 5.41 Å². The highest BCUT2D eigenvalue weighted by Gasteiger charge is 2.36. The van der Waals surface area contributed by atoms with Gasteiger partial charge in [-0.2, -0.15) is 0 Å². The molecule has 236 valence electrons. The number of aromatic nitrogens is 3. The van der Waals surface area contributed by atoms with Crippen LogP contribution in [0, 0.1) is 5.82 Å². The second-order valence-electron chi connectivity index (χ2n) is 10.7. The summed E-state index contributed by atoms with van der Waals surface area (Å²) in [5, 5.41) is 15.9. The molecule has 4 aromatic rings. The van der Waals surface area contributed by atoms with Gasteiger partial charge in [0.05, 0.1) is 28.1 Å². The highest BCUT2D eigenvalue weighted by atomic mass is 32.2. The van der Waals surface area contributed by atoms with E-state index in [9.17, 15) is 14.7 Å². The topological polar surface area (TPSA) is 133 Å².